The second-order valence-electron chi connectivity index (χ2n) is 8.46. The fourth-order valence-corrected chi connectivity index (χ4v) is 4.97. The zero-order chi connectivity index (χ0) is 16.8. The van der Waals surface area contributed by atoms with Gasteiger partial charge in [0.1, 0.15) is 0 Å². The molecule has 1 amide bonds. The molecule has 0 aromatic heterocycles. The predicted molar refractivity (Wildman–Crippen MR) is 99.0 cm³/mol. The number of carbonyl (C=O) groups excluding carboxylic acids is 1. The average molecular weight is 336 g/mol. The van der Waals surface area contributed by atoms with Gasteiger partial charge in [-0.2, -0.15) is 0 Å². The highest BCUT2D eigenvalue weighted by Gasteiger charge is 2.28. The minimum Gasteiger partial charge on any atom is -0.353 e. The standard InChI is InChI=1S/C20H37N3O/c1-16(17-6-5-11-21-15-17)14-20(24)22-18-9-12-23(13-10-18)19-7-3-2-4-8-19/h16-19,21H,2-15H2,1H3,(H,22,24). The second-order valence-corrected chi connectivity index (χ2v) is 8.46. The summed E-state index contributed by atoms with van der Waals surface area (Å²) in [6.45, 7) is 6.85. The van der Waals surface area contributed by atoms with E-state index in [0.717, 1.165) is 32.0 Å². The highest BCUT2D eigenvalue weighted by Crippen LogP contribution is 2.26. The Bertz CT molecular complexity index is 380. The first-order valence-corrected chi connectivity index (χ1v) is 10.5. The molecule has 0 bridgehead atoms. The first kappa shape index (κ1) is 18.2. The third-order valence-corrected chi connectivity index (χ3v) is 6.63. The molecule has 3 rings (SSSR count). The normalized spacial score (nSPS) is 29.3. The van der Waals surface area contributed by atoms with Gasteiger partial charge in [-0.3, -0.25) is 4.79 Å². The zero-order valence-electron chi connectivity index (χ0n) is 15.6. The molecule has 24 heavy (non-hydrogen) atoms. The molecular weight excluding hydrogens is 298 g/mol. The Morgan fingerprint density at radius 2 is 1.83 bits per heavy atom. The summed E-state index contributed by atoms with van der Waals surface area (Å²) in [6, 6.07) is 1.24. The van der Waals surface area contributed by atoms with Gasteiger partial charge in [0.2, 0.25) is 5.91 Å². The Kier molecular flexibility index (Phi) is 6.96. The molecule has 4 nitrogen and oxygen atoms in total. The minimum absolute atomic E-state index is 0.282. The van der Waals surface area contributed by atoms with E-state index in [0.29, 0.717) is 24.3 Å². The molecule has 0 spiro atoms. The van der Waals surface area contributed by atoms with Crippen molar-refractivity contribution in [3.63, 3.8) is 0 Å². The van der Waals surface area contributed by atoms with Crippen LogP contribution in [-0.2, 0) is 4.79 Å². The Labute approximate surface area is 148 Å². The first-order valence-electron chi connectivity index (χ1n) is 10.5. The fraction of sp³-hybridized carbons (Fsp3) is 0.950. The number of hydrogen-bond acceptors (Lipinski definition) is 3. The summed E-state index contributed by atoms with van der Waals surface area (Å²) in [7, 11) is 0. The van der Waals surface area contributed by atoms with Gasteiger partial charge in [-0.1, -0.05) is 26.2 Å². The maximum absolute atomic E-state index is 12.4. The van der Waals surface area contributed by atoms with E-state index in [4.69, 9.17) is 0 Å². The van der Waals surface area contributed by atoms with Gasteiger partial charge in [0, 0.05) is 31.6 Å². The number of nitrogens with zero attached hydrogens (tertiary/aromatic N) is 1. The summed E-state index contributed by atoms with van der Waals surface area (Å²) < 4.78 is 0. The zero-order valence-corrected chi connectivity index (χ0v) is 15.6. The van der Waals surface area contributed by atoms with Gasteiger partial charge in [0.25, 0.3) is 0 Å². The van der Waals surface area contributed by atoms with Crippen LogP contribution in [0.1, 0.15) is 71.1 Å². The molecule has 1 saturated carbocycles. The topological polar surface area (TPSA) is 44.4 Å². The summed E-state index contributed by atoms with van der Waals surface area (Å²) in [5.41, 5.74) is 0. The number of carbonyl (C=O) groups is 1. The third kappa shape index (κ3) is 5.19. The van der Waals surface area contributed by atoms with Crippen LogP contribution in [0.5, 0.6) is 0 Å². The summed E-state index contributed by atoms with van der Waals surface area (Å²) in [6.07, 6.45) is 12.6. The van der Waals surface area contributed by atoms with Gasteiger partial charge in [-0.25, -0.2) is 0 Å². The Hall–Kier alpha value is -0.610. The largest absolute Gasteiger partial charge is 0.353 e. The lowest BCUT2D eigenvalue weighted by Gasteiger charge is -2.39. The first-order chi connectivity index (χ1) is 11.7. The third-order valence-electron chi connectivity index (χ3n) is 6.63. The fourth-order valence-electron chi connectivity index (χ4n) is 4.97. The van der Waals surface area contributed by atoms with Gasteiger partial charge in [0.15, 0.2) is 0 Å². The molecule has 2 heterocycles. The maximum atomic E-state index is 12.4. The van der Waals surface area contributed by atoms with Crippen LogP contribution in [0.15, 0.2) is 0 Å². The summed E-state index contributed by atoms with van der Waals surface area (Å²) in [5, 5.41) is 6.80. The predicted octanol–water partition coefficient (Wildman–Crippen LogP) is 2.93. The van der Waals surface area contributed by atoms with E-state index in [-0.39, 0.29) is 5.91 Å². The molecule has 4 heteroatoms. The van der Waals surface area contributed by atoms with Crippen molar-refractivity contribution in [2.75, 3.05) is 26.2 Å². The molecule has 2 N–H and O–H groups in total. The number of piperidine rings is 2. The molecule has 2 unspecified atom stereocenters. The number of rotatable bonds is 5. The van der Waals surface area contributed by atoms with Crippen LogP contribution < -0.4 is 10.6 Å². The van der Waals surface area contributed by atoms with Crippen molar-refractivity contribution in [2.24, 2.45) is 11.8 Å². The van der Waals surface area contributed by atoms with Gasteiger partial charge in [-0.15, -0.1) is 0 Å². The molecule has 0 radical (unpaired) electrons. The molecule has 2 aliphatic heterocycles. The van der Waals surface area contributed by atoms with E-state index in [1.807, 2.05) is 0 Å². The van der Waals surface area contributed by atoms with Gasteiger partial charge in [0.05, 0.1) is 0 Å². The Balaban J connectivity index is 1.35. The van der Waals surface area contributed by atoms with Crippen LogP contribution in [0.25, 0.3) is 0 Å². The van der Waals surface area contributed by atoms with Gasteiger partial charge >= 0.3 is 0 Å². The van der Waals surface area contributed by atoms with Crippen molar-refractivity contribution in [1.29, 1.82) is 0 Å². The van der Waals surface area contributed by atoms with Gasteiger partial charge in [-0.05, 0) is 63.5 Å². The van der Waals surface area contributed by atoms with Gasteiger partial charge < -0.3 is 15.5 Å². The second kappa shape index (κ2) is 9.19. The van der Waals surface area contributed by atoms with Crippen LogP contribution in [0.3, 0.4) is 0 Å². The number of likely N-dealkylation sites (tertiary alicyclic amines) is 1. The quantitative estimate of drug-likeness (QED) is 0.812. The minimum atomic E-state index is 0.282. The summed E-state index contributed by atoms with van der Waals surface area (Å²) in [5.74, 6) is 1.46. The molecule has 2 saturated heterocycles. The number of amides is 1. The lowest BCUT2D eigenvalue weighted by Crippen LogP contribution is -2.48. The van der Waals surface area contributed by atoms with Crippen molar-refractivity contribution in [2.45, 2.75) is 83.2 Å². The highest BCUT2D eigenvalue weighted by molar-refractivity contribution is 5.76. The van der Waals surface area contributed by atoms with Crippen molar-refractivity contribution >= 4 is 5.91 Å². The van der Waals surface area contributed by atoms with Crippen LogP contribution in [0.2, 0.25) is 0 Å². The number of nitrogens with one attached hydrogen (secondary N) is 2. The lowest BCUT2D eigenvalue weighted by molar-refractivity contribution is -0.123. The summed E-state index contributed by atoms with van der Waals surface area (Å²) in [4.78, 5) is 15.1. The van der Waals surface area contributed by atoms with Crippen LogP contribution >= 0.6 is 0 Å². The van der Waals surface area contributed by atoms with E-state index in [2.05, 4.69) is 22.5 Å². The van der Waals surface area contributed by atoms with E-state index < -0.39 is 0 Å². The Morgan fingerprint density at radius 1 is 1.08 bits per heavy atom. The molecule has 0 aromatic rings. The van der Waals surface area contributed by atoms with E-state index in [1.165, 1.54) is 58.0 Å². The summed E-state index contributed by atoms with van der Waals surface area (Å²) >= 11 is 0. The van der Waals surface area contributed by atoms with Crippen LogP contribution in [0.4, 0.5) is 0 Å². The molecule has 3 fully saturated rings. The smallest absolute Gasteiger partial charge is 0.220 e. The molecule has 3 aliphatic rings. The molecule has 0 aromatic carbocycles. The number of hydrogen-bond donors (Lipinski definition) is 2. The van der Waals surface area contributed by atoms with E-state index in [1.54, 1.807) is 0 Å². The molecule has 1 aliphatic carbocycles. The average Bonchev–Trinajstić information content (AvgIpc) is 2.64. The van der Waals surface area contributed by atoms with Crippen molar-refractivity contribution < 1.29 is 4.79 Å². The monoisotopic (exact) mass is 335 g/mol. The highest BCUT2D eigenvalue weighted by atomic mass is 16.1. The van der Waals surface area contributed by atoms with Crippen molar-refractivity contribution in [3.05, 3.63) is 0 Å². The van der Waals surface area contributed by atoms with E-state index >= 15 is 0 Å². The van der Waals surface area contributed by atoms with E-state index in [9.17, 15) is 4.79 Å². The molecule has 138 valence electrons. The van der Waals surface area contributed by atoms with Crippen molar-refractivity contribution in [1.82, 2.24) is 15.5 Å². The van der Waals surface area contributed by atoms with Crippen LogP contribution in [0, 0.1) is 11.8 Å². The maximum Gasteiger partial charge on any atom is 0.220 e. The SMILES string of the molecule is CC(CC(=O)NC1CCN(C2CCCCC2)CC1)C1CCCNC1. The van der Waals surface area contributed by atoms with Crippen molar-refractivity contribution in [3.8, 4) is 0 Å². The lowest BCUT2D eigenvalue weighted by atomic mass is 9.85. The molecular formula is C20H37N3O. The molecule has 2 atom stereocenters. The van der Waals surface area contributed by atoms with Crippen LogP contribution in [-0.4, -0.2) is 49.1 Å². The Morgan fingerprint density at radius 3 is 2.50 bits per heavy atom.